The molecule has 10 heteroatoms. The van der Waals surface area contributed by atoms with Crippen molar-refractivity contribution in [3.63, 3.8) is 0 Å². The van der Waals surface area contributed by atoms with E-state index in [9.17, 15) is 9.59 Å². The average molecular weight is 421 g/mol. The number of hydrazine groups is 1. The van der Waals surface area contributed by atoms with Crippen LogP contribution in [0, 0.1) is 0 Å². The summed E-state index contributed by atoms with van der Waals surface area (Å²) in [5.74, 6) is 0.332. The fourth-order valence-corrected chi connectivity index (χ4v) is 4.24. The van der Waals surface area contributed by atoms with Crippen LogP contribution in [0.4, 0.5) is 0 Å². The molecule has 1 aromatic carbocycles. The number of hydrogen-bond acceptors (Lipinski definition) is 7. The highest BCUT2D eigenvalue weighted by Gasteiger charge is 2.40. The van der Waals surface area contributed by atoms with Gasteiger partial charge in [-0.05, 0) is 36.4 Å². The minimum Gasteiger partial charge on any atom is -0.466 e. The predicted molar refractivity (Wildman–Crippen MR) is 108 cm³/mol. The second-order valence-electron chi connectivity index (χ2n) is 6.46. The molecule has 2 amide bonds. The Morgan fingerprint density at radius 1 is 1.13 bits per heavy atom. The molecule has 1 unspecified atom stereocenters. The number of carbonyl (C=O) groups excluding carboxylic acids is 2. The first-order chi connectivity index (χ1) is 14.7. The first-order valence-electron chi connectivity index (χ1n) is 9.05. The zero-order chi connectivity index (χ0) is 20.5. The van der Waals surface area contributed by atoms with Crippen LogP contribution in [0.2, 0.25) is 0 Å². The number of aromatic nitrogens is 3. The molecule has 0 saturated carbocycles. The van der Waals surface area contributed by atoms with Gasteiger partial charge in [0, 0.05) is 6.08 Å². The molecule has 1 saturated heterocycles. The van der Waals surface area contributed by atoms with E-state index in [-0.39, 0.29) is 12.5 Å². The van der Waals surface area contributed by atoms with Gasteiger partial charge in [-0.1, -0.05) is 29.1 Å². The molecule has 5 rings (SSSR count). The van der Waals surface area contributed by atoms with Gasteiger partial charge in [-0.2, -0.15) is 0 Å². The maximum absolute atomic E-state index is 13.0. The summed E-state index contributed by atoms with van der Waals surface area (Å²) in [5.41, 5.74) is 4.11. The Hall–Kier alpha value is -3.79. The monoisotopic (exact) mass is 421 g/mol. The number of rotatable bonds is 5. The predicted octanol–water partition coefficient (Wildman–Crippen LogP) is 2.96. The summed E-state index contributed by atoms with van der Waals surface area (Å²) in [5, 5.41) is 8.79. The molecule has 0 aliphatic carbocycles. The lowest BCUT2D eigenvalue weighted by molar-refractivity contribution is -0.138. The van der Waals surface area contributed by atoms with E-state index in [1.807, 2.05) is 24.3 Å². The highest BCUT2D eigenvalue weighted by molar-refractivity contribution is 8.04. The molecule has 1 aliphatic heterocycles. The molecule has 1 fully saturated rings. The van der Waals surface area contributed by atoms with Crippen molar-refractivity contribution in [3.05, 3.63) is 77.5 Å². The SMILES string of the molecule is O=C(Cn1nnc2ccccc21)NN1C(=O)/C(=C\c2ccco2)SC1c1ccco1. The van der Waals surface area contributed by atoms with E-state index in [0.29, 0.717) is 21.9 Å². The number of benzene rings is 1. The molecule has 4 aromatic rings. The number of amides is 2. The van der Waals surface area contributed by atoms with Gasteiger partial charge in [0.05, 0.1) is 22.9 Å². The van der Waals surface area contributed by atoms with Gasteiger partial charge >= 0.3 is 0 Å². The average Bonchev–Trinajstić information content (AvgIpc) is 3.54. The number of carbonyl (C=O) groups is 2. The summed E-state index contributed by atoms with van der Waals surface area (Å²) in [4.78, 5) is 26.1. The van der Waals surface area contributed by atoms with Gasteiger partial charge in [0.15, 0.2) is 5.37 Å². The zero-order valence-electron chi connectivity index (χ0n) is 15.5. The molecule has 0 radical (unpaired) electrons. The number of furan rings is 2. The van der Waals surface area contributed by atoms with Crippen molar-refractivity contribution in [2.24, 2.45) is 0 Å². The van der Waals surface area contributed by atoms with Gasteiger partial charge in [0.1, 0.15) is 23.6 Å². The summed E-state index contributed by atoms with van der Waals surface area (Å²) in [6.07, 6.45) is 4.69. The van der Waals surface area contributed by atoms with Crippen LogP contribution in [0.15, 0.2) is 74.8 Å². The fraction of sp³-hybridized carbons (Fsp3) is 0.100. The topological polar surface area (TPSA) is 106 Å². The van der Waals surface area contributed by atoms with Crippen LogP contribution >= 0.6 is 11.8 Å². The maximum atomic E-state index is 13.0. The molecule has 30 heavy (non-hydrogen) atoms. The molecule has 150 valence electrons. The first kappa shape index (κ1) is 18.3. The van der Waals surface area contributed by atoms with Gasteiger partial charge in [-0.25, -0.2) is 9.69 Å². The molecule has 0 spiro atoms. The highest BCUT2D eigenvalue weighted by Crippen LogP contribution is 2.45. The quantitative estimate of drug-likeness (QED) is 0.494. The lowest BCUT2D eigenvalue weighted by Crippen LogP contribution is -2.45. The van der Waals surface area contributed by atoms with Crippen molar-refractivity contribution >= 4 is 40.7 Å². The number of hydrogen-bond donors (Lipinski definition) is 1. The van der Waals surface area contributed by atoms with Gasteiger partial charge in [0.2, 0.25) is 0 Å². The van der Waals surface area contributed by atoms with Crippen LogP contribution in [-0.2, 0) is 16.1 Å². The van der Waals surface area contributed by atoms with Gasteiger partial charge < -0.3 is 8.83 Å². The summed E-state index contributed by atoms with van der Waals surface area (Å²) in [7, 11) is 0. The van der Waals surface area contributed by atoms with Crippen LogP contribution < -0.4 is 5.43 Å². The molecule has 1 aliphatic rings. The van der Waals surface area contributed by atoms with Gasteiger partial charge in [0.25, 0.3) is 11.8 Å². The smallest absolute Gasteiger partial charge is 0.280 e. The Kier molecular flexibility index (Phi) is 4.60. The van der Waals surface area contributed by atoms with Crippen molar-refractivity contribution in [2.45, 2.75) is 11.9 Å². The lowest BCUT2D eigenvalue weighted by atomic mass is 10.3. The molecular weight excluding hydrogens is 406 g/mol. The molecule has 4 heterocycles. The van der Waals surface area contributed by atoms with Gasteiger partial charge in [-0.15, -0.1) is 5.10 Å². The maximum Gasteiger partial charge on any atom is 0.280 e. The third-order valence-electron chi connectivity index (χ3n) is 4.46. The lowest BCUT2D eigenvalue weighted by Gasteiger charge is -2.22. The second kappa shape index (κ2) is 7.56. The molecule has 1 N–H and O–H groups in total. The van der Waals surface area contributed by atoms with E-state index < -0.39 is 11.3 Å². The Morgan fingerprint density at radius 2 is 1.97 bits per heavy atom. The van der Waals surface area contributed by atoms with E-state index in [1.54, 1.807) is 30.3 Å². The van der Waals surface area contributed by atoms with Crippen molar-refractivity contribution in [3.8, 4) is 0 Å². The molecule has 0 bridgehead atoms. The third-order valence-corrected chi connectivity index (χ3v) is 5.68. The molecule has 1 atom stereocenters. The van der Waals surface area contributed by atoms with Crippen LogP contribution in [0.25, 0.3) is 17.1 Å². The number of nitrogens with zero attached hydrogens (tertiary/aromatic N) is 4. The molecule has 3 aromatic heterocycles. The minimum absolute atomic E-state index is 0.0862. The standard InChI is InChI=1S/C20H15N5O4S/c26-18(12-24-15-7-2-1-6-14(15)21-23-24)22-25-19(27)17(11-13-5-3-9-28-13)30-20(25)16-8-4-10-29-16/h1-11,20H,12H2,(H,22,26)/b17-11+. The normalized spacial score (nSPS) is 17.9. The van der Waals surface area contributed by atoms with E-state index in [4.69, 9.17) is 8.83 Å². The number of thioether (sulfide) groups is 1. The number of para-hydroxylation sites is 1. The van der Waals surface area contributed by atoms with E-state index in [2.05, 4.69) is 15.7 Å². The molecular formula is C20H15N5O4S. The largest absolute Gasteiger partial charge is 0.466 e. The van der Waals surface area contributed by atoms with Crippen molar-refractivity contribution in [2.75, 3.05) is 0 Å². The fourth-order valence-electron chi connectivity index (χ4n) is 3.11. The van der Waals surface area contributed by atoms with Crippen LogP contribution in [0.5, 0.6) is 0 Å². The van der Waals surface area contributed by atoms with Crippen molar-refractivity contribution in [1.82, 2.24) is 25.4 Å². The third kappa shape index (κ3) is 3.37. The Balaban J connectivity index is 1.39. The van der Waals surface area contributed by atoms with Crippen LogP contribution in [0.1, 0.15) is 16.9 Å². The Labute approximate surface area is 174 Å². The molecule has 9 nitrogen and oxygen atoms in total. The van der Waals surface area contributed by atoms with Gasteiger partial charge in [-0.3, -0.25) is 15.0 Å². The van der Waals surface area contributed by atoms with Crippen LogP contribution in [0.3, 0.4) is 0 Å². The van der Waals surface area contributed by atoms with E-state index >= 15 is 0 Å². The van der Waals surface area contributed by atoms with E-state index in [1.165, 1.54) is 34.0 Å². The highest BCUT2D eigenvalue weighted by atomic mass is 32.2. The zero-order valence-corrected chi connectivity index (χ0v) is 16.3. The summed E-state index contributed by atoms with van der Waals surface area (Å²) in [6, 6.07) is 14.3. The summed E-state index contributed by atoms with van der Waals surface area (Å²) in [6.45, 7) is -0.0862. The van der Waals surface area contributed by atoms with Crippen molar-refractivity contribution < 1.29 is 18.4 Å². The minimum atomic E-state index is -0.537. The first-order valence-corrected chi connectivity index (χ1v) is 9.93. The summed E-state index contributed by atoms with van der Waals surface area (Å²) >= 11 is 1.27. The number of fused-ring (bicyclic) bond motifs is 1. The second-order valence-corrected chi connectivity index (χ2v) is 7.58. The summed E-state index contributed by atoms with van der Waals surface area (Å²) < 4.78 is 12.3. The van der Waals surface area contributed by atoms with Crippen molar-refractivity contribution in [1.29, 1.82) is 0 Å². The Bertz CT molecular complexity index is 1230. The van der Waals surface area contributed by atoms with E-state index in [0.717, 1.165) is 5.52 Å². The Morgan fingerprint density at radius 3 is 2.77 bits per heavy atom. The number of nitrogens with one attached hydrogen (secondary N) is 1. The van der Waals surface area contributed by atoms with Crippen LogP contribution in [-0.4, -0.2) is 31.8 Å².